The first-order valence-corrected chi connectivity index (χ1v) is 6.85. The van der Waals surface area contributed by atoms with Crippen LogP contribution in [-0.4, -0.2) is 23.8 Å². The molecule has 0 aliphatic carbocycles. The van der Waals surface area contributed by atoms with Crippen LogP contribution in [0, 0.1) is 5.82 Å². The van der Waals surface area contributed by atoms with E-state index in [1.165, 1.54) is 24.0 Å². The van der Waals surface area contributed by atoms with Gasteiger partial charge in [0.25, 0.3) is 0 Å². The minimum absolute atomic E-state index is 0.00574. The Labute approximate surface area is 114 Å². The number of rotatable bonds is 4. The van der Waals surface area contributed by atoms with Gasteiger partial charge in [0.2, 0.25) is 11.7 Å². The SMILES string of the molecule is CCOC(=O)c1cnc(-c2ccc(SC)c(F)c2)o1. The first-order valence-electron chi connectivity index (χ1n) is 5.62. The van der Waals surface area contributed by atoms with Crippen LogP contribution in [0.5, 0.6) is 0 Å². The molecule has 0 atom stereocenters. The monoisotopic (exact) mass is 281 g/mol. The van der Waals surface area contributed by atoms with Crippen molar-refractivity contribution in [3.63, 3.8) is 0 Å². The summed E-state index contributed by atoms with van der Waals surface area (Å²) in [6, 6.07) is 4.66. The Morgan fingerprint density at radius 1 is 1.53 bits per heavy atom. The number of carbonyl (C=O) groups is 1. The topological polar surface area (TPSA) is 52.3 Å². The Hall–Kier alpha value is -1.82. The molecule has 6 heteroatoms. The highest BCUT2D eigenvalue weighted by Crippen LogP contribution is 2.26. The first-order chi connectivity index (χ1) is 9.15. The zero-order chi connectivity index (χ0) is 13.8. The van der Waals surface area contributed by atoms with Crippen LogP contribution in [0.2, 0.25) is 0 Å². The lowest BCUT2D eigenvalue weighted by molar-refractivity contribution is 0.0491. The molecule has 0 radical (unpaired) electrons. The lowest BCUT2D eigenvalue weighted by atomic mass is 10.2. The molecule has 100 valence electrons. The Bertz CT molecular complexity index is 597. The van der Waals surface area contributed by atoms with Gasteiger partial charge in [-0.3, -0.25) is 0 Å². The van der Waals surface area contributed by atoms with Gasteiger partial charge in [-0.2, -0.15) is 0 Å². The number of nitrogens with zero attached hydrogens (tertiary/aromatic N) is 1. The van der Waals surface area contributed by atoms with Crippen molar-refractivity contribution in [3.05, 3.63) is 36.0 Å². The average Bonchev–Trinajstić information content (AvgIpc) is 2.88. The summed E-state index contributed by atoms with van der Waals surface area (Å²) in [4.78, 5) is 15.9. The van der Waals surface area contributed by atoms with E-state index in [0.29, 0.717) is 10.5 Å². The van der Waals surface area contributed by atoms with Gasteiger partial charge in [0.15, 0.2) is 0 Å². The minimum Gasteiger partial charge on any atom is -0.460 e. The van der Waals surface area contributed by atoms with Crippen LogP contribution in [0.3, 0.4) is 0 Å². The van der Waals surface area contributed by atoms with Gasteiger partial charge in [0.1, 0.15) is 5.82 Å². The molecule has 0 amide bonds. The van der Waals surface area contributed by atoms with Gasteiger partial charge in [-0.05, 0) is 31.4 Å². The molecule has 0 aliphatic heterocycles. The van der Waals surface area contributed by atoms with Gasteiger partial charge in [-0.1, -0.05) is 0 Å². The van der Waals surface area contributed by atoms with E-state index in [1.54, 1.807) is 25.3 Å². The normalized spacial score (nSPS) is 10.5. The molecule has 4 nitrogen and oxygen atoms in total. The number of oxazole rings is 1. The molecular weight excluding hydrogens is 269 g/mol. The van der Waals surface area contributed by atoms with Gasteiger partial charge in [-0.15, -0.1) is 11.8 Å². The zero-order valence-electron chi connectivity index (χ0n) is 10.5. The largest absolute Gasteiger partial charge is 0.460 e. The first kappa shape index (κ1) is 13.6. The molecule has 1 heterocycles. The molecule has 0 aliphatic rings. The van der Waals surface area contributed by atoms with Crippen LogP contribution >= 0.6 is 11.8 Å². The second-order valence-corrected chi connectivity index (χ2v) is 4.45. The lowest BCUT2D eigenvalue weighted by Crippen LogP contribution is -2.02. The molecule has 0 spiro atoms. The average molecular weight is 281 g/mol. The number of esters is 1. The van der Waals surface area contributed by atoms with Crippen molar-refractivity contribution < 1.29 is 18.3 Å². The highest BCUT2D eigenvalue weighted by Gasteiger charge is 2.15. The van der Waals surface area contributed by atoms with E-state index in [4.69, 9.17) is 9.15 Å². The lowest BCUT2D eigenvalue weighted by Gasteiger charge is -2.01. The van der Waals surface area contributed by atoms with Crippen molar-refractivity contribution in [2.75, 3.05) is 12.9 Å². The quantitative estimate of drug-likeness (QED) is 0.635. The van der Waals surface area contributed by atoms with Crippen molar-refractivity contribution in [1.82, 2.24) is 4.98 Å². The van der Waals surface area contributed by atoms with Crippen LogP contribution in [0.25, 0.3) is 11.5 Å². The maximum atomic E-state index is 13.6. The Morgan fingerprint density at radius 3 is 2.95 bits per heavy atom. The van der Waals surface area contributed by atoms with Crippen molar-refractivity contribution in [3.8, 4) is 11.5 Å². The van der Waals surface area contributed by atoms with Crippen molar-refractivity contribution in [1.29, 1.82) is 0 Å². The summed E-state index contributed by atoms with van der Waals surface area (Å²) in [6.07, 6.45) is 3.07. The summed E-state index contributed by atoms with van der Waals surface area (Å²) in [5.74, 6) is -0.732. The van der Waals surface area contributed by atoms with E-state index in [2.05, 4.69) is 4.98 Å². The molecular formula is C13H12FNO3S. The molecule has 0 N–H and O–H groups in total. The van der Waals surface area contributed by atoms with Gasteiger partial charge in [-0.25, -0.2) is 14.2 Å². The smallest absolute Gasteiger partial charge is 0.375 e. The fraction of sp³-hybridized carbons (Fsp3) is 0.231. The van der Waals surface area contributed by atoms with E-state index in [1.807, 2.05) is 0 Å². The highest BCUT2D eigenvalue weighted by atomic mass is 32.2. The maximum Gasteiger partial charge on any atom is 0.375 e. The molecule has 0 saturated carbocycles. The number of hydrogen-bond donors (Lipinski definition) is 0. The predicted molar refractivity (Wildman–Crippen MR) is 69.6 cm³/mol. The van der Waals surface area contributed by atoms with Crippen LogP contribution in [0.4, 0.5) is 4.39 Å². The number of hydrogen-bond acceptors (Lipinski definition) is 5. The molecule has 0 fully saturated rings. The molecule has 0 bridgehead atoms. The fourth-order valence-corrected chi connectivity index (χ4v) is 1.96. The summed E-state index contributed by atoms with van der Waals surface area (Å²) in [6.45, 7) is 1.96. The van der Waals surface area contributed by atoms with Crippen LogP contribution in [0.1, 0.15) is 17.5 Å². The maximum absolute atomic E-state index is 13.6. The third-order valence-corrected chi connectivity index (χ3v) is 3.15. The molecule has 1 aromatic heterocycles. The predicted octanol–water partition coefficient (Wildman–Crippen LogP) is 3.38. The van der Waals surface area contributed by atoms with Crippen LogP contribution in [-0.2, 0) is 4.74 Å². The number of benzene rings is 1. The fourth-order valence-electron chi connectivity index (χ4n) is 1.50. The van der Waals surface area contributed by atoms with E-state index >= 15 is 0 Å². The van der Waals surface area contributed by atoms with E-state index in [-0.39, 0.29) is 24.1 Å². The number of carbonyl (C=O) groups excluding carboxylic acids is 1. The van der Waals surface area contributed by atoms with Crippen molar-refractivity contribution >= 4 is 17.7 Å². The second kappa shape index (κ2) is 5.88. The number of aromatic nitrogens is 1. The third kappa shape index (κ3) is 2.96. The Balaban J connectivity index is 2.27. The molecule has 0 saturated heterocycles. The van der Waals surface area contributed by atoms with Gasteiger partial charge >= 0.3 is 5.97 Å². The molecule has 2 rings (SSSR count). The van der Waals surface area contributed by atoms with Gasteiger partial charge < -0.3 is 9.15 Å². The van der Waals surface area contributed by atoms with Crippen LogP contribution < -0.4 is 0 Å². The standard InChI is InChI=1S/C13H12FNO3S/c1-3-17-13(16)10-7-15-12(18-10)8-4-5-11(19-2)9(14)6-8/h4-7H,3H2,1-2H3. The molecule has 1 aromatic carbocycles. The zero-order valence-corrected chi connectivity index (χ0v) is 11.3. The Morgan fingerprint density at radius 2 is 2.32 bits per heavy atom. The third-order valence-electron chi connectivity index (χ3n) is 2.38. The molecule has 2 aromatic rings. The van der Waals surface area contributed by atoms with Crippen LogP contribution in [0.15, 0.2) is 33.7 Å². The van der Waals surface area contributed by atoms with E-state index in [0.717, 1.165) is 0 Å². The summed E-state index contributed by atoms with van der Waals surface area (Å²) < 4.78 is 23.7. The van der Waals surface area contributed by atoms with Crippen molar-refractivity contribution in [2.45, 2.75) is 11.8 Å². The molecule has 19 heavy (non-hydrogen) atoms. The summed E-state index contributed by atoms with van der Waals surface area (Å²) in [7, 11) is 0. The Kier molecular flexibility index (Phi) is 4.21. The van der Waals surface area contributed by atoms with Crippen molar-refractivity contribution in [2.24, 2.45) is 0 Å². The minimum atomic E-state index is -0.581. The second-order valence-electron chi connectivity index (χ2n) is 3.60. The molecule has 0 unspecified atom stereocenters. The van der Waals surface area contributed by atoms with Gasteiger partial charge in [0, 0.05) is 10.5 Å². The summed E-state index contributed by atoms with van der Waals surface area (Å²) >= 11 is 1.32. The van der Waals surface area contributed by atoms with Gasteiger partial charge in [0.05, 0.1) is 12.8 Å². The van der Waals surface area contributed by atoms with E-state index < -0.39 is 5.97 Å². The highest BCUT2D eigenvalue weighted by molar-refractivity contribution is 7.98. The van der Waals surface area contributed by atoms with E-state index in [9.17, 15) is 9.18 Å². The number of ether oxygens (including phenoxy) is 1. The number of halogens is 1. The number of thioether (sulfide) groups is 1. The summed E-state index contributed by atoms with van der Waals surface area (Å²) in [5.41, 5.74) is 0.478. The summed E-state index contributed by atoms with van der Waals surface area (Å²) in [5, 5.41) is 0.